The number of carboxylic acids is 1. The van der Waals surface area contributed by atoms with Gasteiger partial charge in [-0.2, -0.15) is 0 Å². The quantitative estimate of drug-likeness (QED) is 0.823. The van der Waals surface area contributed by atoms with E-state index in [2.05, 4.69) is 5.32 Å². The van der Waals surface area contributed by atoms with Crippen molar-refractivity contribution in [2.75, 3.05) is 19.7 Å². The molecule has 21 heavy (non-hydrogen) atoms. The topological polar surface area (TPSA) is 78.9 Å². The first-order chi connectivity index (χ1) is 10.0. The summed E-state index contributed by atoms with van der Waals surface area (Å²) in [6.07, 6.45) is 4.58. The van der Waals surface area contributed by atoms with Crippen LogP contribution in [0.2, 0.25) is 0 Å². The smallest absolute Gasteiger partial charge is 0.317 e. The highest BCUT2D eigenvalue weighted by Crippen LogP contribution is 2.48. The van der Waals surface area contributed by atoms with E-state index in [-0.39, 0.29) is 24.1 Å². The Morgan fingerprint density at radius 3 is 2.81 bits per heavy atom. The van der Waals surface area contributed by atoms with Gasteiger partial charge in [0.2, 0.25) is 0 Å². The first-order valence-corrected chi connectivity index (χ1v) is 7.95. The highest BCUT2D eigenvalue weighted by Gasteiger charge is 2.56. The fourth-order valence-corrected chi connectivity index (χ4v) is 4.11. The van der Waals surface area contributed by atoms with Crippen molar-refractivity contribution in [3.05, 3.63) is 0 Å². The zero-order chi connectivity index (χ0) is 15.0. The molecule has 118 valence electrons. The van der Waals surface area contributed by atoms with Crippen molar-refractivity contribution >= 4 is 12.0 Å². The normalized spacial score (nSPS) is 38.0. The van der Waals surface area contributed by atoms with E-state index in [1.54, 1.807) is 4.90 Å². The van der Waals surface area contributed by atoms with Gasteiger partial charge in [-0.05, 0) is 38.5 Å². The third kappa shape index (κ3) is 2.50. The van der Waals surface area contributed by atoms with E-state index in [9.17, 15) is 14.7 Å². The van der Waals surface area contributed by atoms with Gasteiger partial charge >= 0.3 is 12.0 Å². The van der Waals surface area contributed by atoms with Crippen LogP contribution in [0.15, 0.2) is 0 Å². The van der Waals surface area contributed by atoms with Crippen LogP contribution in [0.25, 0.3) is 0 Å². The van der Waals surface area contributed by atoms with Gasteiger partial charge in [0.15, 0.2) is 0 Å². The molecule has 0 aromatic rings. The number of carbonyl (C=O) groups is 2. The maximum absolute atomic E-state index is 12.3. The number of urea groups is 1. The largest absolute Gasteiger partial charge is 0.481 e. The summed E-state index contributed by atoms with van der Waals surface area (Å²) in [5, 5.41) is 12.5. The molecule has 3 aliphatic rings. The van der Waals surface area contributed by atoms with E-state index in [1.807, 2.05) is 6.92 Å². The number of ether oxygens (including phenoxy) is 1. The van der Waals surface area contributed by atoms with Gasteiger partial charge in [0.25, 0.3) is 0 Å². The second-order valence-electron chi connectivity index (χ2n) is 6.63. The minimum atomic E-state index is -0.736. The van der Waals surface area contributed by atoms with E-state index in [0.29, 0.717) is 26.1 Å². The number of nitrogens with one attached hydrogen (secondary N) is 1. The minimum Gasteiger partial charge on any atom is -0.481 e. The number of aliphatic carboxylic acids is 1. The van der Waals surface area contributed by atoms with E-state index >= 15 is 0 Å². The highest BCUT2D eigenvalue weighted by molar-refractivity contribution is 5.80. The molecular formula is C15H24N2O4. The Morgan fingerprint density at radius 1 is 1.43 bits per heavy atom. The Hall–Kier alpha value is -1.30. The molecule has 1 aliphatic heterocycles. The molecule has 1 heterocycles. The van der Waals surface area contributed by atoms with Crippen LogP contribution >= 0.6 is 0 Å². The Morgan fingerprint density at radius 2 is 2.19 bits per heavy atom. The number of hydrogen-bond acceptors (Lipinski definition) is 3. The summed E-state index contributed by atoms with van der Waals surface area (Å²) in [7, 11) is 0. The zero-order valence-corrected chi connectivity index (χ0v) is 12.5. The van der Waals surface area contributed by atoms with Gasteiger partial charge in [-0.1, -0.05) is 6.42 Å². The molecule has 6 heteroatoms. The second kappa shape index (κ2) is 5.48. The summed E-state index contributed by atoms with van der Waals surface area (Å²) in [5.74, 6) is -0.612. The summed E-state index contributed by atoms with van der Waals surface area (Å²) in [4.78, 5) is 25.6. The van der Waals surface area contributed by atoms with Crippen molar-refractivity contribution in [1.29, 1.82) is 0 Å². The minimum absolute atomic E-state index is 0.107. The molecule has 0 spiro atoms. The van der Waals surface area contributed by atoms with Crippen molar-refractivity contribution in [3.63, 3.8) is 0 Å². The maximum Gasteiger partial charge on any atom is 0.317 e. The lowest BCUT2D eigenvalue weighted by Gasteiger charge is -2.36. The number of nitrogens with zero attached hydrogens (tertiary/aromatic N) is 1. The monoisotopic (exact) mass is 296 g/mol. The molecule has 0 aromatic heterocycles. The predicted octanol–water partition coefficient (Wildman–Crippen LogP) is 1.45. The molecule has 0 unspecified atom stereocenters. The fourth-order valence-electron chi connectivity index (χ4n) is 4.11. The summed E-state index contributed by atoms with van der Waals surface area (Å²) >= 11 is 0. The predicted molar refractivity (Wildman–Crippen MR) is 76.0 cm³/mol. The van der Waals surface area contributed by atoms with Gasteiger partial charge in [0.05, 0.1) is 11.5 Å². The zero-order valence-electron chi connectivity index (χ0n) is 12.5. The van der Waals surface area contributed by atoms with Gasteiger partial charge in [-0.25, -0.2) is 4.79 Å². The van der Waals surface area contributed by atoms with E-state index in [4.69, 9.17) is 4.74 Å². The summed E-state index contributed by atoms with van der Waals surface area (Å²) in [6, 6.07) is 0.0697. The average Bonchev–Trinajstić information content (AvgIpc) is 2.93. The molecule has 3 fully saturated rings. The number of likely N-dealkylation sites (tertiary alicyclic amines) is 1. The lowest BCUT2D eigenvalue weighted by atomic mass is 9.81. The van der Waals surface area contributed by atoms with Crippen LogP contribution in [0.4, 0.5) is 4.79 Å². The molecule has 1 saturated heterocycles. The Labute approximate surface area is 124 Å². The summed E-state index contributed by atoms with van der Waals surface area (Å²) in [5.41, 5.74) is -0.690. The fraction of sp³-hybridized carbons (Fsp3) is 0.867. The number of carboxylic acid groups (broad SMARTS) is 1. The number of amides is 2. The lowest BCUT2D eigenvalue weighted by Crippen LogP contribution is -2.52. The third-order valence-corrected chi connectivity index (χ3v) is 5.41. The molecule has 2 aliphatic carbocycles. The molecule has 2 atom stereocenters. The van der Waals surface area contributed by atoms with Crippen LogP contribution in [-0.2, 0) is 9.53 Å². The maximum atomic E-state index is 12.3. The van der Waals surface area contributed by atoms with Crippen LogP contribution < -0.4 is 5.32 Å². The van der Waals surface area contributed by atoms with Gasteiger partial charge in [0.1, 0.15) is 0 Å². The van der Waals surface area contributed by atoms with Crippen molar-refractivity contribution in [1.82, 2.24) is 10.2 Å². The first-order valence-electron chi connectivity index (χ1n) is 7.95. The molecule has 6 nitrogen and oxygen atoms in total. The van der Waals surface area contributed by atoms with Gasteiger partial charge in [0, 0.05) is 25.7 Å². The number of fused-ring (bicyclic) bond motifs is 1. The number of hydrogen-bond donors (Lipinski definition) is 2. The Balaban J connectivity index is 1.52. The van der Waals surface area contributed by atoms with E-state index in [0.717, 1.165) is 25.7 Å². The standard InChI is InChI=1S/C15H24N2O4/c1-2-21-12-6-11(7-12)16-14(20)17-8-10-4-3-5-15(10,9-17)13(18)19/h10-12H,2-9H2,1H3,(H,16,20)(H,18,19)/t10-,11?,12?,15+/m0/s1. The molecule has 0 aromatic carbocycles. The van der Waals surface area contributed by atoms with Crippen LogP contribution in [0, 0.1) is 11.3 Å². The van der Waals surface area contributed by atoms with E-state index in [1.165, 1.54) is 0 Å². The van der Waals surface area contributed by atoms with Gasteiger partial charge < -0.3 is 20.1 Å². The SMILES string of the molecule is CCOC1CC(NC(=O)N2C[C@@H]3CCC[C@@]3(C(=O)O)C2)C1. The van der Waals surface area contributed by atoms with Gasteiger partial charge in [-0.15, -0.1) is 0 Å². The van der Waals surface area contributed by atoms with Crippen LogP contribution in [0.3, 0.4) is 0 Å². The van der Waals surface area contributed by atoms with Crippen LogP contribution in [0.5, 0.6) is 0 Å². The van der Waals surface area contributed by atoms with Gasteiger partial charge in [-0.3, -0.25) is 4.79 Å². The highest BCUT2D eigenvalue weighted by atomic mass is 16.5. The van der Waals surface area contributed by atoms with Crippen LogP contribution in [0.1, 0.15) is 39.0 Å². The molecule has 0 bridgehead atoms. The number of rotatable bonds is 4. The third-order valence-electron chi connectivity index (χ3n) is 5.41. The summed E-state index contributed by atoms with van der Waals surface area (Å²) < 4.78 is 5.48. The molecular weight excluding hydrogens is 272 g/mol. The van der Waals surface area contributed by atoms with Crippen molar-refractivity contribution in [2.24, 2.45) is 11.3 Å². The summed E-state index contributed by atoms with van der Waals surface area (Å²) in [6.45, 7) is 3.63. The molecule has 2 amide bonds. The first kappa shape index (κ1) is 14.6. The molecule has 0 radical (unpaired) electrons. The second-order valence-corrected chi connectivity index (χ2v) is 6.63. The lowest BCUT2D eigenvalue weighted by molar-refractivity contribution is -0.149. The van der Waals surface area contributed by atoms with Crippen LogP contribution in [-0.4, -0.2) is 53.8 Å². The van der Waals surface area contributed by atoms with Crippen molar-refractivity contribution in [3.8, 4) is 0 Å². The molecule has 2 saturated carbocycles. The average molecular weight is 296 g/mol. The number of carbonyl (C=O) groups excluding carboxylic acids is 1. The Kier molecular flexibility index (Phi) is 3.82. The van der Waals surface area contributed by atoms with E-state index < -0.39 is 11.4 Å². The molecule has 3 rings (SSSR count). The van der Waals surface area contributed by atoms with Crippen molar-refractivity contribution < 1.29 is 19.4 Å². The Bertz CT molecular complexity index is 435. The molecule has 2 N–H and O–H groups in total. The van der Waals surface area contributed by atoms with Crippen molar-refractivity contribution in [2.45, 2.75) is 51.2 Å².